The van der Waals surface area contributed by atoms with Crippen LogP contribution in [0.25, 0.3) is 10.9 Å². The fourth-order valence-electron chi connectivity index (χ4n) is 3.78. The average Bonchev–Trinajstić information content (AvgIpc) is 3.12. The second-order valence-electron chi connectivity index (χ2n) is 7.32. The highest BCUT2D eigenvalue weighted by molar-refractivity contribution is 6.01. The van der Waals surface area contributed by atoms with Crippen LogP contribution in [0.1, 0.15) is 28.9 Å². The second-order valence-corrected chi connectivity index (χ2v) is 7.32. The third-order valence-corrected chi connectivity index (χ3v) is 5.37. The zero-order valence-corrected chi connectivity index (χ0v) is 16.0. The molecule has 1 amide bonds. The summed E-state index contributed by atoms with van der Waals surface area (Å²) in [5.41, 5.74) is 1.88. The highest BCUT2D eigenvalue weighted by Gasteiger charge is 2.25. The molecular formula is C22H23N3O4. The smallest absolute Gasteiger partial charge is 0.410 e. The van der Waals surface area contributed by atoms with Crippen LogP contribution in [-0.2, 0) is 17.9 Å². The number of likely N-dealkylation sites (tertiary alicyclic amines) is 1. The number of amides is 1. The Hall–Kier alpha value is -3.35. The number of para-hydroxylation sites is 1. The van der Waals surface area contributed by atoms with E-state index in [1.165, 1.54) is 0 Å². The number of aromatic carboxylic acids is 1. The summed E-state index contributed by atoms with van der Waals surface area (Å²) in [7, 11) is 0. The lowest BCUT2D eigenvalue weighted by atomic mass is 9.97. The molecule has 1 aromatic heterocycles. The molecule has 7 heteroatoms. The maximum absolute atomic E-state index is 12.3. The van der Waals surface area contributed by atoms with Crippen LogP contribution in [0.4, 0.5) is 4.79 Å². The molecule has 0 saturated carbocycles. The van der Waals surface area contributed by atoms with E-state index in [9.17, 15) is 14.7 Å². The van der Waals surface area contributed by atoms with Gasteiger partial charge in [0.25, 0.3) is 0 Å². The van der Waals surface area contributed by atoms with E-state index < -0.39 is 5.97 Å². The number of carbonyl (C=O) groups is 2. The van der Waals surface area contributed by atoms with Gasteiger partial charge in [-0.2, -0.15) is 5.10 Å². The van der Waals surface area contributed by atoms with Crippen molar-refractivity contribution in [3.8, 4) is 0 Å². The first-order valence-corrected chi connectivity index (χ1v) is 9.76. The van der Waals surface area contributed by atoms with Gasteiger partial charge >= 0.3 is 12.1 Å². The molecule has 1 fully saturated rings. The molecular weight excluding hydrogens is 370 g/mol. The number of nitrogens with zero attached hydrogens (tertiary/aromatic N) is 3. The van der Waals surface area contributed by atoms with Gasteiger partial charge in [-0.25, -0.2) is 9.59 Å². The number of aromatic nitrogens is 2. The number of carboxylic acids is 1. The fraction of sp³-hybridized carbons (Fsp3) is 0.318. The molecule has 0 bridgehead atoms. The van der Waals surface area contributed by atoms with Crippen LogP contribution in [0.2, 0.25) is 0 Å². The number of carboxylic acid groups (broad SMARTS) is 1. The van der Waals surface area contributed by atoms with Crippen molar-refractivity contribution in [1.82, 2.24) is 14.7 Å². The Morgan fingerprint density at radius 1 is 1.03 bits per heavy atom. The van der Waals surface area contributed by atoms with E-state index in [0.29, 0.717) is 30.9 Å². The Bertz CT molecular complexity index is 1010. The molecule has 2 aromatic carbocycles. The van der Waals surface area contributed by atoms with Gasteiger partial charge < -0.3 is 14.7 Å². The van der Waals surface area contributed by atoms with Crippen molar-refractivity contribution in [2.24, 2.45) is 5.92 Å². The molecule has 0 unspecified atom stereocenters. The molecule has 1 saturated heterocycles. The normalized spacial score (nSPS) is 14.8. The first-order valence-electron chi connectivity index (χ1n) is 9.76. The molecule has 0 spiro atoms. The number of carbonyl (C=O) groups excluding carboxylic acids is 1. The Labute approximate surface area is 168 Å². The van der Waals surface area contributed by atoms with Crippen LogP contribution >= 0.6 is 0 Å². The van der Waals surface area contributed by atoms with Gasteiger partial charge in [-0.1, -0.05) is 48.5 Å². The number of hydrogen-bond donors (Lipinski definition) is 1. The summed E-state index contributed by atoms with van der Waals surface area (Å²) in [6.07, 6.45) is 1.37. The van der Waals surface area contributed by atoms with Crippen molar-refractivity contribution >= 4 is 23.0 Å². The number of ether oxygens (including phenoxy) is 1. The maximum atomic E-state index is 12.3. The van der Waals surface area contributed by atoms with Gasteiger partial charge in [0, 0.05) is 25.0 Å². The van der Waals surface area contributed by atoms with Crippen LogP contribution in [0.15, 0.2) is 54.6 Å². The first-order chi connectivity index (χ1) is 14.1. The van der Waals surface area contributed by atoms with E-state index in [2.05, 4.69) is 5.10 Å². The van der Waals surface area contributed by atoms with Gasteiger partial charge in [-0.05, 0) is 30.4 Å². The third kappa shape index (κ3) is 4.23. The minimum atomic E-state index is -1.02. The van der Waals surface area contributed by atoms with E-state index in [1.54, 1.807) is 15.6 Å². The number of fused-ring (bicyclic) bond motifs is 1. The Balaban J connectivity index is 1.34. The molecule has 7 nitrogen and oxygen atoms in total. The first kappa shape index (κ1) is 19.0. The fourth-order valence-corrected chi connectivity index (χ4v) is 3.78. The van der Waals surface area contributed by atoms with Crippen molar-refractivity contribution in [2.45, 2.75) is 26.0 Å². The summed E-state index contributed by atoms with van der Waals surface area (Å²) in [4.78, 5) is 25.5. The lowest BCUT2D eigenvalue weighted by Gasteiger charge is -2.31. The van der Waals surface area contributed by atoms with Crippen LogP contribution in [0, 0.1) is 5.92 Å². The molecule has 1 N–H and O–H groups in total. The van der Waals surface area contributed by atoms with Crippen LogP contribution in [-0.4, -0.2) is 44.9 Å². The largest absolute Gasteiger partial charge is 0.476 e. The molecule has 1 aliphatic rings. The molecule has 0 atom stereocenters. The number of rotatable bonds is 5. The Kier molecular flexibility index (Phi) is 5.46. The number of hydrogen-bond acceptors (Lipinski definition) is 4. The van der Waals surface area contributed by atoms with Gasteiger partial charge in [0.1, 0.15) is 6.61 Å². The van der Waals surface area contributed by atoms with Gasteiger partial charge in [0.2, 0.25) is 0 Å². The average molecular weight is 393 g/mol. The van der Waals surface area contributed by atoms with E-state index in [-0.39, 0.29) is 18.4 Å². The zero-order chi connectivity index (χ0) is 20.2. The maximum Gasteiger partial charge on any atom is 0.410 e. The summed E-state index contributed by atoms with van der Waals surface area (Å²) in [5, 5.41) is 14.4. The SMILES string of the molecule is O=C(O)c1nn(CC2CCN(C(=O)OCc3ccccc3)CC2)c2ccccc12. The predicted molar refractivity (Wildman–Crippen MR) is 108 cm³/mol. The summed E-state index contributed by atoms with van der Waals surface area (Å²) < 4.78 is 7.20. The molecule has 0 radical (unpaired) electrons. The molecule has 29 heavy (non-hydrogen) atoms. The molecule has 0 aliphatic carbocycles. The van der Waals surface area contributed by atoms with Crippen LogP contribution in [0.5, 0.6) is 0 Å². The van der Waals surface area contributed by atoms with E-state index in [0.717, 1.165) is 23.9 Å². The summed E-state index contributed by atoms with van der Waals surface area (Å²) >= 11 is 0. The van der Waals surface area contributed by atoms with Crippen LogP contribution < -0.4 is 0 Å². The van der Waals surface area contributed by atoms with Crippen LogP contribution in [0.3, 0.4) is 0 Å². The summed E-state index contributed by atoms with van der Waals surface area (Å²) in [6.45, 7) is 2.17. The minimum absolute atomic E-state index is 0.0857. The molecule has 1 aliphatic heterocycles. The monoisotopic (exact) mass is 393 g/mol. The van der Waals surface area contributed by atoms with E-state index in [1.807, 2.05) is 48.5 Å². The lowest BCUT2D eigenvalue weighted by molar-refractivity contribution is 0.0688. The van der Waals surface area contributed by atoms with Gasteiger partial charge in [0.15, 0.2) is 5.69 Å². The van der Waals surface area contributed by atoms with Gasteiger partial charge in [-0.15, -0.1) is 0 Å². The van der Waals surface area contributed by atoms with Crippen molar-refractivity contribution in [3.05, 3.63) is 65.9 Å². The van der Waals surface area contributed by atoms with Crippen molar-refractivity contribution in [1.29, 1.82) is 0 Å². The molecule has 4 rings (SSSR count). The quantitative estimate of drug-likeness (QED) is 0.713. The number of benzene rings is 2. The van der Waals surface area contributed by atoms with E-state index >= 15 is 0 Å². The highest BCUT2D eigenvalue weighted by Crippen LogP contribution is 2.24. The third-order valence-electron chi connectivity index (χ3n) is 5.37. The lowest BCUT2D eigenvalue weighted by Crippen LogP contribution is -2.39. The standard InChI is InChI=1S/C22H23N3O4/c26-21(27)20-18-8-4-5-9-19(18)25(23-20)14-16-10-12-24(13-11-16)22(28)29-15-17-6-2-1-3-7-17/h1-9,16H,10-15H2,(H,26,27). The second kappa shape index (κ2) is 8.34. The predicted octanol–water partition coefficient (Wildman–Crippen LogP) is 3.78. The summed E-state index contributed by atoms with van der Waals surface area (Å²) in [6, 6.07) is 17.0. The topological polar surface area (TPSA) is 84.7 Å². The van der Waals surface area contributed by atoms with Gasteiger partial charge in [0.05, 0.1) is 5.52 Å². The molecule has 2 heterocycles. The Morgan fingerprint density at radius 2 is 1.72 bits per heavy atom. The minimum Gasteiger partial charge on any atom is -0.476 e. The molecule has 150 valence electrons. The zero-order valence-electron chi connectivity index (χ0n) is 16.0. The molecule has 3 aromatic rings. The Morgan fingerprint density at radius 3 is 2.45 bits per heavy atom. The highest BCUT2D eigenvalue weighted by atomic mass is 16.6. The van der Waals surface area contributed by atoms with Crippen molar-refractivity contribution < 1.29 is 19.4 Å². The summed E-state index contributed by atoms with van der Waals surface area (Å²) in [5.74, 6) is -0.686. The van der Waals surface area contributed by atoms with Gasteiger partial charge in [-0.3, -0.25) is 4.68 Å². The van der Waals surface area contributed by atoms with Crippen molar-refractivity contribution in [3.63, 3.8) is 0 Å². The number of piperidine rings is 1. The van der Waals surface area contributed by atoms with Crippen molar-refractivity contribution in [2.75, 3.05) is 13.1 Å². The van der Waals surface area contributed by atoms with E-state index in [4.69, 9.17) is 4.74 Å².